The summed E-state index contributed by atoms with van der Waals surface area (Å²) < 4.78 is 13.7. The highest BCUT2D eigenvalue weighted by atomic mass is 19.1. The molecule has 0 atom stereocenters. The molecule has 2 aromatic rings. The summed E-state index contributed by atoms with van der Waals surface area (Å²) in [4.78, 5) is 27.0. The Morgan fingerprint density at radius 1 is 1.07 bits per heavy atom. The molecule has 0 unspecified atom stereocenters. The molecule has 1 amide bonds. The van der Waals surface area contributed by atoms with E-state index in [9.17, 15) is 14.0 Å². The molecular weight excluding hydrogens is 367 g/mol. The van der Waals surface area contributed by atoms with E-state index in [0.29, 0.717) is 19.0 Å². The molecular formula is C24H29FN2O2. The fourth-order valence-corrected chi connectivity index (χ4v) is 3.82. The average molecular weight is 397 g/mol. The normalized spacial score (nSPS) is 15.4. The van der Waals surface area contributed by atoms with E-state index < -0.39 is 5.82 Å². The van der Waals surface area contributed by atoms with Crippen molar-refractivity contribution in [1.29, 1.82) is 0 Å². The summed E-state index contributed by atoms with van der Waals surface area (Å²) in [5.41, 5.74) is 2.23. The van der Waals surface area contributed by atoms with Crippen molar-refractivity contribution < 1.29 is 14.0 Å². The third kappa shape index (κ3) is 5.97. The number of nitrogens with zero attached hydrogens (tertiary/aromatic N) is 1. The Labute approximate surface area is 172 Å². The van der Waals surface area contributed by atoms with Crippen LogP contribution in [-0.2, 0) is 11.2 Å². The SMILES string of the molecule is CC(C)Cc1ccc(C(=O)C2CCN(CC(=O)Nc3ccccc3F)CC2)cc1. The lowest BCUT2D eigenvalue weighted by Crippen LogP contribution is -2.40. The van der Waals surface area contributed by atoms with Gasteiger partial charge in [0.1, 0.15) is 5.82 Å². The van der Waals surface area contributed by atoms with E-state index in [1.54, 1.807) is 18.2 Å². The van der Waals surface area contributed by atoms with Crippen LogP contribution in [0.15, 0.2) is 48.5 Å². The van der Waals surface area contributed by atoms with Crippen molar-refractivity contribution >= 4 is 17.4 Å². The molecule has 3 rings (SSSR count). The zero-order chi connectivity index (χ0) is 20.8. The first-order valence-electron chi connectivity index (χ1n) is 10.3. The van der Waals surface area contributed by atoms with Crippen molar-refractivity contribution in [3.63, 3.8) is 0 Å². The number of anilines is 1. The van der Waals surface area contributed by atoms with Crippen LogP contribution in [0.2, 0.25) is 0 Å². The Morgan fingerprint density at radius 3 is 2.34 bits per heavy atom. The van der Waals surface area contributed by atoms with Crippen LogP contribution in [0.4, 0.5) is 10.1 Å². The number of carbonyl (C=O) groups excluding carboxylic acids is 2. The van der Waals surface area contributed by atoms with Crippen molar-refractivity contribution in [3.8, 4) is 0 Å². The number of hydrogen-bond donors (Lipinski definition) is 1. The van der Waals surface area contributed by atoms with Crippen molar-refractivity contribution in [2.75, 3.05) is 25.0 Å². The second-order valence-corrected chi connectivity index (χ2v) is 8.24. The number of hydrogen-bond acceptors (Lipinski definition) is 3. The van der Waals surface area contributed by atoms with Crippen LogP contribution in [0.25, 0.3) is 0 Å². The predicted molar refractivity (Wildman–Crippen MR) is 114 cm³/mol. The number of halogens is 1. The molecule has 0 bridgehead atoms. The van der Waals surface area contributed by atoms with Gasteiger partial charge in [0.05, 0.1) is 12.2 Å². The maximum Gasteiger partial charge on any atom is 0.238 e. The molecule has 5 heteroatoms. The Hall–Kier alpha value is -2.53. The quantitative estimate of drug-likeness (QED) is 0.698. The summed E-state index contributed by atoms with van der Waals surface area (Å²) >= 11 is 0. The lowest BCUT2D eigenvalue weighted by Gasteiger charge is -2.30. The highest BCUT2D eigenvalue weighted by Crippen LogP contribution is 2.22. The summed E-state index contributed by atoms with van der Waals surface area (Å²) in [6, 6.07) is 14.1. The molecule has 2 aromatic carbocycles. The number of piperidine rings is 1. The number of carbonyl (C=O) groups is 2. The monoisotopic (exact) mass is 396 g/mol. The van der Waals surface area contributed by atoms with Crippen LogP contribution in [0.3, 0.4) is 0 Å². The molecule has 0 saturated carbocycles. The summed E-state index contributed by atoms with van der Waals surface area (Å²) in [5, 5.41) is 2.61. The molecule has 4 nitrogen and oxygen atoms in total. The molecule has 1 N–H and O–H groups in total. The number of para-hydroxylation sites is 1. The van der Waals surface area contributed by atoms with Crippen LogP contribution in [0, 0.1) is 17.7 Å². The number of rotatable bonds is 7. The third-order valence-corrected chi connectivity index (χ3v) is 5.36. The molecule has 154 valence electrons. The second kappa shape index (κ2) is 9.79. The van der Waals surface area contributed by atoms with Crippen LogP contribution in [0.5, 0.6) is 0 Å². The standard InChI is InChI=1S/C24H29FN2O2/c1-17(2)15-18-7-9-19(10-8-18)24(29)20-11-13-27(14-12-20)16-23(28)26-22-6-4-3-5-21(22)25/h3-10,17,20H,11-16H2,1-2H3,(H,26,28). The van der Waals surface area contributed by atoms with Crippen LogP contribution in [0.1, 0.15) is 42.6 Å². The lowest BCUT2D eigenvalue weighted by atomic mass is 9.88. The van der Waals surface area contributed by atoms with E-state index in [-0.39, 0.29) is 29.8 Å². The van der Waals surface area contributed by atoms with Gasteiger partial charge in [0.25, 0.3) is 0 Å². The van der Waals surface area contributed by atoms with Crippen LogP contribution >= 0.6 is 0 Å². The van der Waals surface area contributed by atoms with Gasteiger partial charge in [0.2, 0.25) is 5.91 Å². The Balaban J connectivity index is 1.48. The van der Waals surface area contributed by atoms with E-state index in [0.717, 1.165) is 24.8 Å². The fourth-order valence-electron chi connectivity index (χ4n) is 3.82. The van der Waals surface area contributed by atoms with Crippen LogP contribution < -0.4 is 5.32 Å². The van der Waals surface area contributed by atoms with Crippen molar-refractivity contribution in [3.05, 3.63) is 65.5 Å². The van der Waals surface area contributed by atoms with Gasteiger partial charge in [0, 0.05) is 11.5 Å². The molecule has 1 heterocycles. The molecule has 1 fully saturated rings. The van der Waals surface area contributed by atoms with Gasteiger partial charge in [-0.3, -0.25) is 14.5 Å². The van der Waals surface area contributed by atoms with Gasteiger partial charge >= 0.3 is 0 Å². The summed E-state index contributed by atoms with van der Waals surface area (Å²) in [6.07, 6.45) is 2.49. The highest BCUT2D eigenvalue weighted by molar-refractivity contribution is 5.98. The predicted octanol–water partition coefficient (Wildman–Crippen LogP) is 4.56. The first kappa shape index (κ1) is 21.2. The molecule has 1 aliphatic rings. The van der Waals surface area contributed by atoms with Gasteiger partial charge in [-0.2, -0.15) is 0 Å². The first-order valence-corrected chi connectivity index (χ1v) is 10.3. The molecule has 0 aromatic heterocycles. The van der Waals surface area contributed by atoms with Crippen molar-refractivity contribution in [1.82, 2.24) is 4.90 Å². The van der Waals surface area contributed by atoms with E-state index in [1.165, 1.54) is 11.6 Å². The minimum Gasteiger partial charge on any atom is -0.322 e. The van der Waals surface area contributed by atoms with Crippen molar-refractivity contribution in [2.24, 2.45) is 11.8 Å². The first-order chi connectivity index (χ1) is 13.9. The topological polar surface area (TPSA) is 49.4 Å². The number of likely N-dealkylation sites (tertiary alicyclic amines) is 1. The molecule has 1 aliphatic heterocycles. The summed E-state index contributed by atoms with van der Waals surface area (Å²) in [5.74, 6) is 0.107. The van der Waals surface area contributed by atoms with E-state index in [2.05, 4.69) is 31.3 Å². The molecule has 1 saturated heterocycles. The molecule has 0 aliphatic carbocycles. The zero-order valence-electron chi connectivity index (χ0n) is 17.2. The van der Waals surface area contributed by atoms with E-state index >= 15 is 0 Å². The number of benzene rings is 2. The Bertz CT molecular complexity index is 840. The van der Waals surface area contributed by atoms with Crippen molar-refractivity contribution in [2.45, 2.75) is 33.1 Å². The van der Waals surface area contributed by atoms with Gasteiger partial charge in [0.15, 0.2) is 5.78 Å². The fraction of sp³-hybridized carbons (Fsp3) is 0.417. The maximum atomic E-state index is 13.7. The average Bonchev–Trinajstić information content (AvgIpc) is 2.70. The molecule has 0 radical (unpaired) electrons. The van der Waals surface area contributed by atoms with Gasteiger partial charge in [-0.1, -0.05) is 50.2 Å². The number of ketones is 1. The number of nitrogens with one attached hydrogen (secondary N) is 1. The highest BCUT2D eigenvalue weighted by Gasteiger charge is 2.26. The van der Waals surface area contributed by atoms with Gasteiger partial charge in [-0.05, 0) is 56.0 Å². The van der Waals surface area contributed by atoms with Crippen LogP contribution in [-0.4, -0.2) is 36.2 Å². The number of Topliss-reactive ketones (excluding diaryl/α,β-unsaturated/α-hetero) is 1. The molecule has 0 spiro atoms. The minimum absolute atomic E-state index is 0.00294. The summed E-state index contributed by atoms with van der Waals surface area (Å²) in [7, 11) is 0. The zero-order valence-corrected chi connectivity index (χ0v) is 17.2. The minimum atomic E-state index is -0.440. The second-order valence-electron chi connectivity index (χ2n) is 8.24. The largest absolute Gasteiger partial charge is 0.322 e. The van der Waals surface area contributed by atoms with Gasteiger partial charge in [-0.25, -0.2) is 4.39 Å². The van der Waals surface area contributed by atoms with E-state index in [4.69, 9.17) is 0 Å². The lowest BCUT2D eigenvalue weighted by molar-refractivity contribution is -0.117. The van der Waals surface area contributed by atoms with Gasteiger partial charge < -0.3 is 5.32 Å². The number of amides is 1. The maximum absolute atomic E-state index is 13.7. The Morgan fingerprint density at radius 2 is 1.72 bits per heavy atom. The third-order valence-electron chi connectivity index (χ3n) is 5.36. The smallest absolute Gasteiger partial charge is 0.238 e. The Kier molecular flexibility index (Phi) is 7.15. The van der Waals surface area contributed by atoms with E-state index in [1.807, 2.05) is 17.0 Å². The van der Waals surface area contributed by atoms with Gasteiger partial charge in [-0.15, -0.1) is 0 Å². The summed E-state index contributed by atoms with van der Waals surface area (Å²) in [6.45, 7) is 5.95. The molecule has 29 heavy (non-hydrogen) atoms.